The Hall–Kier alpha value is -2.51. The van der Waals surface area contributed by atoms with E-state index in [0.717, 1.165) is 11.3 Å². The molecule has 3 aromatic rings. The minimum absolute atomic E-state index is 0.0404. The molecule has 0 fully saturated rings. The van der Waals surface area contributed by atoms with Gasteiger partial charge in [-0.25, -0.2) is 13.4 Å². The maximum Gasteiger partial charge on any atom is 0.257 e. The van der Waals surface area contributed by atoms with E-state index >= 15 is 0 Å². The van der Waals surface area contributed by atoms with Crippen LogP contribution < -0.4 is 5.32 Å². The predicted octanol–water partition coefficient (Wildman–Crippen LogP) is 3.92. The Morgan fingerprint density at radius 3 is 2.35 bits per heavy atom. The van der Waals surface area contributed by atoms with Crippen molar-refractivity contribution in [3.63, 3.8) is 0 Å². The molecule has 0 saturated carbocycles. The van der Waals surface area contributed by atoms with E-state index in [0.29, 0.717) is 16.3 Å². The second kappa shape index (κ2) is 7.39. The van der Waals surface area contributed by atoms with Crippen LogP contribution in [-0.2, 0) is 15.6 Å². The summed E-state index contributed by atoms with van der Waals surface area (Å²) in [6, 6.07) is 14.6. The normalized spacial score (nSPS) is 11.3. The molecule has 1 N–H and O–H groups in total. The standard InChI is InChI=1S/C19H18N2O3S2/c1-13-3-7-15(8-4-13)17-11-25-19(20-17)21-18(22)16-9-5-14(6-10-16)12-26(2,23)24/h3-11H,12H2,1-2H3,(H,20,21,22). The van der Waals surface area contributed by atoms with E-state index in [2.05, 4.69) is 10.3 Å². The Kier molecular flexibility index (Phi) is 5.20. The number of benzene rings is 2. The number of anilines is 1. The highest BCUT2D eigenvalue weighted by Gasteiger charge is 2.11. The summed E-state index contributed by atoms with van der Waals surface area (Å²) in [6.45, 7) is 2.03. The van der Waals surface area contributed by atoms with Crippen molar-refractivity contribution in [1.82, 2.24) is 4.98 Å². The topological polar surface area (TPSA) is 76.1 Å². The van der Waals surface area contributed by atoms with Crippen LogP contribution in [0.1, 0.15) is 21.5 Å². The highest BCUT2D eigenvalue weighted by molar-refractivity contribution is 7.89. The molecular formula is C19H18N2O3S2. The lowest BCUT2D eigenvalue weighted by atomic mass is 10.1. The van der Waals surface area contributed by atoms with Gasteiger partial charge in [0.25, 0.3) is 5.91 Å². The Labute approximate surface area is 156 Å². The van der Waals surface area contributed by atoms with Gasteiger partial charge < -0.3 is 0 Å². The Bertz CT molecular complexity index is 1020. The van der Waals surface area contributed by atoms with Crippen LogP contribution in [0, 0.1) is 6.92 Å². The third-order valence-electron chi connectivity index (χ3n) is 3.72. The molecule has 0 bridgehead atoms. The fourth-order valence-corrected chi connectivity index (χ4v) is 3.93. The van der Waals surface area contributed by atoms with Gasteiger partial charge in [-0.3, -0.25) is 10.1 Å². The molecule has 134 valence electrons. The molecule has 0 unspecified atom stereocenters. The lowest BCUT2D eigenvalue weighted by Gasteiger charge is -2.04. The van der Waals surface area contributed by atoms with Crippen molar-refractivity contribution in [2.45, 2.75) is 12.7 Å². The number of thiazole rings is 1. The monoisotopic (exact) mass is 386 g/mol. The summed E-state index contributed by atoms with van der Waals surface area (Å²) in [6.07, 6.45) is 1.18. The number of nitrogens with one attached hydrogen (secondary N) is 1. The molecular weight excluding hydrogens is 368 g/mol. The number of hydrogen-bond acceptors (Lipinski definition) is 5. The van der Waals surface area contributed by atoms with Gasteiger partial charge in [-0.15, -0.1) is 11.3 Å². The summed E-state index contributed by atoms with van der Waals surface area (Å²) in [4.78, 5) is 16.8. The van der Waals surface area contributed by atoms with Gasteiger partial charge in [-0.1, -0.05) is 42.0 Å². The Morgan fingerprint density at radius 1 is 1.08 bits per heavy atom. The number of sulfone groups is 1. The predicted molar refractivity (Wildman–Crippen MR) is 105 cm³/mol. The molecule has 1 heterocycles. The van der Waals surface area contributed by atoms with Gasteiger partial charge in [0.15, 0.2) is 15.0 Å². The minimum Gasteiger partial charge on any atom is -0.298 e. The molecule has 0 aliphatic carbocycles. The van der Waals surface area contributed by atoms with Crippen molar-refractivity contribution in [2.24, 2.45) is 0 Å². The molecule has 0 aliphatic rings. The molecule has 26 heavy (non-hydrogen) atoms. The highest BCUT2D eigenvalue weighted by Crippen LogP contribution is 2.25. The smallest absolute Gasteiger partial charge is 0.257 e. The summed E-state index contributed by atoms with van der Waals surface area (Å²) in [5.74, 6) is -0.318. The average molecular weight is 386 g/mol. The van der Waals surface area contributed by atoms with E-state index in [1.165, 1.54) is 23.2 Å². The summed E-state index contributed by atoms with van der Waals surface area (Å²) in [7, 11) is -3.09. The first kappa shape index (κ1) is 18.3. The van der Waals surface area contributed by atoms with Gasteiger partial charge in [0.05, 0.1) is 11.4 Å². The maximum atomic E-state index is 12.3. The lowest BCUT2D eigenvalue weighted by molar-refractivity contribution is 0.102. The molecule has 1 aromatic heterocycles. The van der Waals surface area contributed by atoms with Crippen LogP contribution in [0.5, 0.6) is 0 Å². The number of aryl methyl sites for hydroxylation is 1. The number of carbonyl (C=O) groups is 1. The first-order valence-electron chi connectivity index (χ1n) is 7.91. The van der Waals surface area contributed by atoms with E-state index in [-0.39, 0.29) is 11.7 Å². The highest BCUT2D eigenvalue weighted by atomic mass is 32.2. The fraction of sp³-hybridized carbons (Fsp3) is 0.158. The third kappa shape index (κ3) is 4.77. The molecule has 0 atom stereocenters. The van der Waals surface area contributed by atoms with Crippen molar-refractivity contribution >= 4 is 32.2 Å². The molecule has 3 rings (SSSR count). The van der Waals surface area contributed by atoms with Crippen molar-refractivity contribution in [3.8, 4) is 11.3 Å². The van der Waals surface area contributed by atoms with Crippen molar-refractivity contribution in [2.75, 3.05) is 11.6 Å². The number of nitrogens with zero attached hydrogens (tertiary/aromatic N) is 1. The van der Waals surface area contributed by atoms with Crippen LogP contribution in [0.25, 0.3) is 11.3 Å². The molecule has 0 saturated heterocycles. The van der Waals surface area contributed by atoms with Gasteiger partial charge >= 0.3 is 0 Å². The van der Waals surface area contributed by atoms with Crippen molar-refractivity contribution < 1.29 is 13.2 Å². The summed E-state index contributed by atoms with van der Waals surface area (Å²) in [5, 5.41) is 5.20. The van der Waals surface area contributed by atoms with Crippen molar-refractivity contribution in [3.05, 3.63) is 70.6 Å². The zero-order valence-electron chi connectivity index (χ0n) is 14.4. The van der Waals surface area contributed by atoms with Crippen LogP contribution >= 0.6 is 11.3 Å². The molecule has 7 heteroatoms. The van der Waals surface area contributed by atoms with E-state index in [9.17, 15) is 13.2 Å². The first-order valence-corrected chi connectivity index (χ1v) is 10.8. The average Bonchev–Trinajstić information content (AvgIpc) is 3.03. The van der Waals surface area contributed by atoms with Crippen LogP contribution in [0.4, 0.5) is 5.13 Å². The SMILES string of the molecule is Cc1ccc(-c2csc(NC(=O)c3ccc(CS(C)(=O)=O)cc3)n2)cc1. The molecule has 0 aliphatic heterocycles. The molecule has 5 nitrogen and oxygen atoms in total. The quantitative estimate of drug-likeness (QED) is 0.721. The van der Waals surface area contributed by atoms with Crippen LogP contribution in [-0.4, -0.2) is 25.6 Å². The molecule has 0 radical (unpaired) electrons. The van der Waals surface area contributed by atoms with E-state index in [1.807, 2.05) is 36.6 Å². The van der Waals surface area contributed by atoms with Crippen LogP contribution in [0.15, 0.2) is 53.9 Å². The largest absolute Gasteiger partial charge is 0.298 e. The van der Waals surface area contributed by atoms with E-state index in [1.54, 1.807) is 24.3 Å². The van der Waals surface area contributed by atoms with Crippen LogP contribution in [0.2, 0.25) is 0 Å². The number of amides is 1. The first-order chi connectivity index (χ1) is 12.3. The third-order valence-corrected chi connectivity index (χ3v) is 5.33. The van der Waals surface area contributed by atoms with E-state index in [4.69, 9.17) is 0 Å². The van der Waals surface area contributed by atoms with Gasteiger partial charge in [-0.2, -0.15) is 0 Å². The van der Waals surface area contributed by atoms with Crippen LogP contribution in [0.3, 0.4) is 0 Å². The summed E-state index contributed by atoms with van der Waals surface area (Å²) in [5.41, 5.74) is 4.09. The second-order valence-corrected chi connectivity index (χ2v) is 9.12. The number of aromatic nitrogens is 1. The van der Waals surface area contributed by atoms with Gasteiger partial charge in [0, 0.05) is 22.8 Å². The number of hydrogen-bond donors (Lipinski definition) is 1. The second-order valence-electron chi connectivity index (χ2n) is 6.13. The number of carbonyl (C=O) groups excluding carboxylic acids is 1. The van der Waals surface area contributed by atoms with E-state index < -0.39 is 9.84 Å². The lowest BCUT2D eigenvalue weighted by Crippen LogP contribution is -2.11. The molecule has 0 spiro atoms. The maximum absolute atomic E-state index is 12.3. The zero-order valence-corrected chi connectivity index (χ0v) is 16.0. The summed E-state index contributed by atoms with van der Waals surface area (Å²) < 4.78 is 22.6. The zero-order chi connectivity index (χ0) is 18.7. The van der Waals surface area contributed by atoms with Crippen molar-refractivity contribution in [1.29, 1.82) is 0 Å². The van der Waals surface area contributed by atoms with Gasteiger partial charge in [0.1, 0.15) is 0 Å². The Morgan fingerprint density at radius 2 is 1.73 bits per heavy atom. The minimum atomic E-state index is -3.09. The fourth-order valence-electron chi connectivity index (χ4n) is 2.41. The molecule has 1 amide bonds. The van der Waals surface area contributed by atoms with Gasteiger partial charge in [-0.05, 0) is 24.6 Å². The number of rotatable bonds is 5. The van der Waals surface area contributed by atoms with Gasteiger partial charge in [0.2, 0.25) is 0 Å². The summed E-state index contributed by atoms with van der Waals surface area (Å²) >= 11 is 1.36. The Balaban J connectivity index is 1.69. The molecule has 2 aromatic carbocycles.